The van der Waals surface area contributed by atoms with Crippen molar-refractivity contribution in [2.75, 3.05) is 6.61 Å². The third-order valence-corrected chi connectivity index (χ3v) is 5.82. The molecule has 0 radical (unpaired) electrons. The van der Waals surface area contributed by atoms with Gasteiger partial charge in [0, 0.05) is 18.2 Å². The minimum atomic E-state index is -0.283. The summed E-state index contributed by atoms with van der Waals surface area (Å²) in [6.45, 7) is 18.6. The SMILES string of the molecule is C=Cc1csc(C(CC(C(C)C)N(OCCCCC)C(=O)CCCC)OC(=C)C)n1. The zero-order valence-corrected chi connectivity index (χ0v) is 20.3. The van der Waals surface area contributed by atoms with Gasteiger partial charge in [0.25, 0.3) is 0 Å². The summed E-state index contributed by atoms with van der Waals surface area (Å²) in [6.07, 6.45) is 7.53. The van der Waals surface area contributed by atoms with Crippen molar-refractivity contribution in [3.8, 4) is 0 Å². The number of amides is 1. The van der Waals surface area contributed by atoms with Crippen molar-refractivity contribution >= 4 is 23.3 Å². The number of nitrogens with zero attached hydrogens (tertiary/aromatic N) is 2. The molecule has 1 aromatic heterocycles. The van der Waals surface area contributed by atoms with Crippen molar-refractivity contribution < 1.29 is 14.4 Å². The van der Waals surface area contributed by atoms with Gasteiger partial charge in [-0.05, 0) is 31.8 Å². The number of unbranched alkanes of at least 4 members (excludes halogenated alkanes) is 3. The number of rotatable bonds is 16. The first kappa shape index (κ1) is 26.4. The van der Waals surface area contributed by atoms with Crippen LogP contribution >= 0.6 is 11.3 Å². The van der Waals surface area contributed by atoms with Crippen LogP contribution in [0.5, 0.6) is 0 Å². The first-order valence-corrected chi connectivity index (χ1v) is 12.1. The smallest absolute Gasteiger partial charge is 0.246 e. The van der Waals surface area contributed by atoms with Gasteiger partial charge in [0.05, 0.1) is 24.1 Å². The van der Waals surface area contributed by atoms with E-state index in [1.165, 1.54) is 0 Å². The third kappa shape index (κ3) is 9.00. The molecule has 0 aromatic carbocycles. The molecule has 0 aliphatic carbocycles. The minimum absolute atomic E-state index is 0.0482. The van der Waals surface area contributed by atoms with Gasteiger partial charge in [0.1, 0.15) is 5.01 Å². The van der Waals surface area contributed by atoms with Crippen LogP contribution < -0.4 is 0 Å². The number of carbonyl (C=O) groups is 1. The van der Waals surface area contributed by atoms with Crippen LogP contribution in [0.4, 0.5) is 0 Å². The Morgan fingerprint density at radius 3 is 2.50 bits per heavy atom. The highest BCUT2D eigenvalue weighted by molar-refractivity contribution is 7.09. The summed E-state index contributed by atoms with van der Waals surface area (Å²) in [6, 6.07) is -0.114. The van der Waals surface area contributed by atoms with Gasteiger partial charge in [-0.1, -0.05) is 60.1 Å². The number of ether oxygens (including phenoxy) is 1. The lowest BCUT2D eigenvalue weighted by Gasteiger charge is -2.35. The van der Waals surface area contributed by atoms with Gasteiger partial charge in [-0.3, -0.25) is 9.63 Å². The maximum absolute atomic E-state index is 13.0. The molecule has 1 rings (SSSR count). The number of carbonyl (C=O) groups excluding carboxylic acids is 1. The fourth-order valence-electron chi connectivity index (χ4n) is 3.15. The van der Waals surface area contributed by atoms with E-state index in [1.54, 1.807) is 22.5 Å². The molecule has 0 bridgehead atoms. The summed E-state index contributed by atoms with van der Waals surface area (Å²) >= 11 is 1.54. The van der Waals surface area contributed by atoms with Crippen LogP contribution in [0.2, 0.25) is 0 Å². The van der Waals surface area contributed by atoms with E-state index in [0.29, 0.717) is 25.2 Å². The normalized spacial score (nSPS) is 13.1. The molecule has 6 heteroatoms. The average Bonchev–Trinajstić information content (AvgIpc) is 3.18. The maximum Gasteiger partial charge on any atom is 0.246 e. The predicted molar refractivity (Wildman–Crippen MR) is 126 cm³/mol. The summed E-state index contributed by atoms with van der Waals surface area (Å²) in [4.78, 5) is 23.7. The fourth-order valence-corrected chi connectivity index (χ4v) is 3.99. The quantitative estimate of drug-likeness (QED) is 0.160. The second-order valence-electron chi connectivity index (χ2n) is 8.03. The number of hydroxylamine groups is 2. The predicted octanol–water partition coefficient (Wildman–Crippen LogP) is 6.93. The Hall–Kier alpha value is -1.66. The first-order valence-electron chi connectivity index (χ1n) is 11.2. The van der Waals surface area contributed by atoms with Crippen LogP contribution in [-0.2, 0) is 14.4 Å². The van der Waals surface area contributed by atoms with Gasteiger partial charge in [-0.2, -0.15) is 0 Å². The first-order chi connectivity index (χ1) is 14.3. The summed E-state index contributed by atoms with van der Waals surface area (Å²) in [7, 11) is 0. The Labute approximate surface area is 187 Å². The second kappa shape index (κ2) is 14.4. The van der Waals surface area contributed by atoms with E-state index in [1.807, 2.05) is 12.3 Å². The minimum Gasteiger partial charge on any atom is -0.488 e. The molecule has 0 spiro atoms. The lowest BCUT2D eigenvalue weighted by atomic mass is 9.97. The van der Waals surface area contributed by atoms with E-state index in [4.69, 9.17) is 9.57 Å². The highest BCUT2D eigenvalue weighted by Gasteiger charge is 2.32. The van der Waals surface area contributed by atoms with Crippen molar-refractivity contribution in [3.63, 3.8) is 0 Å². The van der Waals surface area contributed by atoms with Crippen molar-refractivity contribution in [2.45, 2.75) is 91.7 Å². The van der Waals surface area contributed by atoms with Crippen molar-refractivity contribution in [1.29, 1.82) is 0 Å². The van der Waals surface area contributed by atoms with Gasteiger partial charge >= 0.3 is 0 Å². The Morgan fingerprint density at radius 1 is 1.27 bits per heavy atom. The van der Waals surface area contributed by atoms with Crippen molar-refractivity contribution in [3.05, 3.63) is 35.0 Å². The number of hydrogen-bond acceptors (Lipinski definition) is 5. The summed E-state index contributed by atoms with van der Waals surface area (Å²) in [5, 5.41) is 4.46. The van der Waals surface area contributed by atoms with Crippen LogP contribution in [0.1, 0.15) is 96.4 Å². The zero-order chi connectivity index (χ0) is 22.5. The maximum atomic E-state index is 13.0. The molecule has 2 atom stereocenters. The van der Waals surface area contributed by atoms with Gasteiger partial charge < -0.3 is 4.74 Å². The number of hydrogen-bond donors (Lipinski definition) is 0. The highest BCUT2D eigenvalue weighted by atomic mass is 32.1. The second-order valence-corrected chi connectivity index (χ2v) is 8.92. The van der Waals surface area contributed by atoms with Gasteiger partial charge in [0.2, 0.25) is 5.91 Å². The topological polar surface area (TPSA) is 51.7 Å². The monoisotopic (exact) mass is 436 g/mol. The van der Waals surface area contributed by atoms with Gasteiger partial charge in [0.15, 0.2) is 6.10 Å². The Balaban J connectivity index is 3.09. The fraction of sp³-hybridized carbons (Fsp3) is 0.667. The average molecular weight is 437 g/mol. The summed E-state index contributed by atoms with van der Waals surface area (Å²) < 4.78 is 6.05. The van der Waals surface area contributed by atoms with Crippen LogP contribution in [0.25, 0.3) is 6.08 Å². The van der Waals surface area contributed by atoms with Crippen LogP contribution in [0.15, 0.2) is 24.3 Å². The van der Waals surface area contributed by atoms with Gasteiger partial charge in [-0.15, -0.1) is 11.3 Å². The summed E-state index contributed by atoms with van der Waals surface area (Å²) in [5.41, 5.74) is 0.832. The van der Waals surface area contributed by atoms with E-state index in [2.05, 4.69) is 45.8 Å². The van der Waals surface area contributed by atoms with E-state index >= 15 is 0 Å². The molecule has 0 fully saturated rings. The standard InChI is InChI=1S/C24H40N2O3S/c1-8-11-13-15-28-26(23(27)14-12-9-2)21(18(4)5)16-22(29-19(6)7)24-25-20(10-3)17-30-24/h10,17-18,21-22H,3,6,8-9,11-16H2,1-2,4-5,7H3. The van der Waals surface area contributed by atoms with Crippen LogP contribution in [-0.4, -0.2) is 28.6 Å². The zero-order valence-electron chi connectivity index (χ0n) is 19.5. The van der Waals surface area contributed by atoms with E-state index in [9.17, 15) is 4.79 Å². The van der Waals surface area contributed by atoms with E-state index < -0.39 is 0 Å². The number of aromatic nitrogens is 1. The molecule has 0 saturated heterocycles. The lowest BCUT2D eigenvalue weighted by molar-refractivity contribution is -0.209. The molecule has 0 aliphatic rings. The Bertz CT molecular complexity index is 657. The Morgan fingerprint density at radius 2 is 1.97 bits per heavy atom. The molecular weight excluding hydrogens is 396 g/mol. The molecule has 0 aliphatic heterocycles. The highest BCUT2D eigenvalue weighted by Crippen LogP contribution is 2.32. The number of thiazole rings is 1. The molecule has 5 nitrogen and oxygen atoms in total. The molecule has 1 amide bonds. The summed E-state index contributed by atoms with van der Waals surface area (Å²) in [5.74, 6) is 0.884. The number of allylic oxidation sites excluding steroid dienone is 1. The lowest BCUT2D eigenvalue weighted by Crippen LogP contribution is -2.44. The Kier molecular flexibility index (Phi) is 12.6. The molecular formula is C24H40N2O3S. The molecule has 1 aromatic rings. The van der Waals surface area contributed by atoms with Crippen molar-refractivity contribution in [1.82, 2.24) is 10.0 Å². The van der Waals surface area contributed by atoms with Gasteiger partial charge in [-0.25, -0.2) is 10.0 Å². The van der Waals surface area contributed by atoms with E-state index in [-0.39, 0.29) is 24.0 Å². The molecule has 170 valence electrons. The molecule has 0 N–H and O–H groups in total. The van der Waals surface area contributed by atoms with Crippen LogP contribution in [0.3, 0.4) is 0 Å². The molecule has 0 saturated carbocycles. The molecule has 1 heterocycles. The molecule has 2 unspecified atom stereocenters. The van der Waals surface area contributed by atoms with Crippen LogP contribution in [0, 0.1) is 5.92 Å². The molecule has 30 heavy (non-hydrogen) atoms. The van der Waals surface area contributed by atoms with E-state index in [0.717, 1.165) is 42.8 Å². The largest absolute Gasteiger partial charge is 0.488 e. The van der Waals surface area contributed by atoms with Crippen molar-refractivity contribution in [2.24, 2.45) is 5.92 Å². The third-order valence-electron chi connectivity index (χ3n) is 4.86.